The molecule has 168 valence electrons. The molecule has 0 aliphatic heterocycles. The first-order chi connectivity index (χ1) is 16.0. The van der Waals surface area contributed by atoms with Crippen molar-refractivity contribution < 1.29 is 9.90 Å². The molecule has 4 aromatic rings. The van der Waals surface area contributed by atoms with Crippen LogP contribution in [0.3, 0.4) is 0 Å². The molecular weight excluding hydrogens is 438 g/mol. The van der Waals surface area contributed by atoms with Crippen LogP contribution < -0.4 is 5.32 Å². The lowest BCUT2D eigenvalue weighted by Crippen LogP contribution is -2.13. The Morgan fingerprint density at radius 3 is 2.64 bits per heavy atom. The molecule has 0 bridgehead atoms. The van der Waals surface area contributed by atoms with E-state index >= 15 is 0 Å². The highest BCUT2D eigenvalue weighted by atomic mass is 35.5. The SMILES string of the molecule is Cc1cccc(-c2nc3nc(C(=O)O)nc(NCC4CC4)c3n2CCc2ccc(Cl)cc2)c1. The summed E-state index contributed by atoms with van der Waals surface area (Å²) in [6, 6.07) is 15.9. The maximum atomic E-state index is 11.7. The van der Waals surface area contributed by atoms with Crippen LogP contribution in [-0.4, -0.2) is 37.1 Å². The van der Waals surface area contributed by atoms with Crippen molar-refractivity contribution in [3.8, 4) is 11.4 Å². The topological polar surface area (TPSA) is 92.9 Å². The van der Waals surface area contributed by atoms with Gasteiger partial charge in [-0.2, -0.15) is 0 Å². The van der Waals surface area contributed by atoms with Crippen molar-refractivity contribution in [2.45, 2.75) is 32.7 Å². The largest absolute Gasteiger partial charge is 0.475 e. The standard InChI is InChI=1S/C25H24ClN5O2/c1-15-3-2-4-18(13-15)24-30-22-20(31(24)12-11-16-7-9-19(26)10-8-16)21(27-14-17-5-6-17)28-23(29-22)25(32)33/h2-4,7-10,13,17H,5-6,11-12,14H2,1H3,(H,32,33)(H,27,28,29). The minimum atomic E-state index is -1.17. The van der Waals surface area contributed by atoms with E-state index in [-0.39, 0.29) is 5.82 Å². The number of carboxylic acids is 1. The quantitative estimate of drug-likeness (QED) is 0.373. The summed E-state index contributed by atoms with van der Waals surface area (Å²) < 4.78 is 2.10. The Hall–Kier alpha value is -3.45. The average Bonchev–Trinajstić information content (AvgIpc) is 3.56. The second kappa shape index (κ2) is 8.83. The Balaban J connectivity index is 1.64. The van der Waals surface area contributed by atoms with E-state index in [1.807, 2.05) is 49.4 Å². The van der Waals surface area contributed by atoms with E-state index in [0.717, 1.165) is 41.0 Å². The molecule has 33 heavy (non-hydrogen) atoms. The first kappa shape index (κ1) is 21.4. The van der Waals surface area contributed by atoms with Gasteiger partial charge >= 0.3 is 5.97 Å². The molecule has 1 saturated carbocycles. The number of anilines is 1. The fraction of sp³-hybridized carbons (Fsp3) is 0.280. The second-order valence-electron chi connectivity index (χ2n) is 8.53. The van der Waals surface area contributed by atoms with Crippen LogP contribution >= 0.6 is 11.6 Å². The van der Waals surface area contributed by atoms with Crippen LogP contribution in [0.5, 0.6) is 0 Å². The van der Waals surface area contributed by atoms with Gasteiger partial charge in [0.05, 0.1) is 0 Å². The molecule has 5 rings (SSSR count). The van der Waals surface area contributed by atoms with Crippen LogP contribution in [0.1, 0.15) is 34.6 Å². The van der Waals surface area contributed by atoms with Crippen molar-refractivity contribution in [1.82, 2.24) is 19.5 Å². The first-order valence-corrected chi connectivity index (χ1v) is 11.4. The molecule has 1 fully saturated rings. The molecule has 8 heteroatoms. The Bertz CT molecular complexity index is 1330. The molecule has 7 nitrogen and oxygen atoms in total. The van der Waals surface area contributed by atoms with Gasteiger partial charge in [0.25, 0.3) is 0 Å². The Morgan fingerprint density at radius 2 is 1.94 bits per heavy atom. The monoisotopic (exact) mass is 461 g/mol. The third-order valence-corrected chi connectivity index (χ3v) is 6.11. The van der Waals surface area contributed by atoms with Crippen molar-refractivity contribution in [3.05, 3.63) is 70.5 Å². The summed E-state index contributed by atoms with van der Waals surface area (Å²) in [7, 11) is 0. The van der Waals surface area contributed by atoms with Crippen molar-refractivity contribution in [3.63, 3.8) is 0 Å². The van der Waals surface area contributed by atoms with Gasteiger partial charge in [0.15, 0.2) is 11.5 Å². The lowest BCUT2D eigenvalue weighted by molar-refractivity contribution is 0.0684. The number of aromatic carboxylic acids is 1. The zero-order valence-electron chi connectivity index (χ0n) is 18.3. The molecule has 0 radical (unpaired) electrons. The highest BCUT2D eigenvalue weighted by Crippen LogP contribution is 2.32. The van der Waals surface area contributed by atoms with E-state index < -0.39 is 5.97 Å². The van der Waals surface area contributed by atoms with Crippen LogP contribution in [0, 0.1) is 12.8 Å². The van der Waals surface area contributed by atoms with Gasteiger partial charge in [-0.25, -0.2) is 19.7 Å². The van der Waals surface area contributed by atoms with Gasteiger partial charge in [0.1, 0.15) is 11.3 Å². The summed E-state index contributed by atoms with van der Waals surface area (Å²) >= 11 is 6.05. The van der Waals surface area contributed by atoms with E-state index in [0.29, 0.717) is 29.0 Å². The average molecular weight is 462 g/mol. The molecule has 2 aromatic heterocycles. The fourth-order valence-corrected chi connectivity index (χ4v) is 4.06. The molecule has 2 aromatic carbocycles. The Morgan fingerprint density at radius 1 is 1.15 bits per heavy atom. The number of rotatable bonds is 8. The predicted octanol–water partition coefficient (Wildman–Crippen LogP) is 5.22. The Kier molecular flexibility index (Phi) is 5.72. The molecule has 0 unspecified atom stereocenters. The number of imidazole rings is 1. The fourth-order valence-electron chi connectivity index (χ4n) is 3.93. The number of fused-ring (bicyclic) bond motifs is 1. The van der Waals surface area contributed by atoms with Gasteiger partial charge in [0.2, 0.25) is 5.82 Å². The van der Waals surface area contributed by atoms with Gasteiger partial charge in [0, 0.05) is 23.7 Å². The van der Waals surface area contributed by atoms with E-state index in [4.69, 9.17) is 16.6 Å². The van der Waals surface area contributed by atoms with E-state index in [2.05, 4.69) is 25.9 Å². The summed E-state index contributed by atoms with van der Waals surface area (Å²) in [5.74, 6) is 0.448. The first-order valence-electron chi connectivity index (χ1n) is 11.0. The number of nitrogens with one attached hydrogen (secondary N) is 1. The van der Waals surface area contributed by atoms with Crippen molar-refractivity contribution in [2.24, 2.45) is 5.92 Å². The molecule has 0 saturated heterocycles. The minimum Gasteiger partial charge on any atom is -0.475 e. The summed E-state index contributed by atoms with van der Waals surface area (Å²) in [6.07, 6.45) is 3.11. The molecule has 0 amide bonds. The van der Waals surface area contributed by atoms with E-state index in [9.17, 15) is 9.90 Å². The van der Waals surface area contributed by atoms with Gasteiger partial charge in [-0.1, -0.05) is 47.5 Å². The van der Waals surface area contributed by atoms with Crippen LogP contribution in [0.25, 0.3) is 22.6 Å². The molecule has 2 N–H and O–H groups in total. The van der Waals surface area contributed by atoms with Gasteiger partial charge in [-0.15, -0.1) is 0 Å². The molecule has 1 aliphatic carbocycles. The van der Waals surface area contributed by atoms with E-state index in [1.54, 1.807) is 0 Å². The van der Waals surface area contributed by atoms with Gasteiger partial charge < -0.3 is 15.0 Å². The summed E-state index contributed by atoms with van der Waals surface area (Å²) in [4.78, 5) is 25.1. The van der Waals surface area contributed by atoms with Crippen LogP contribution in [0.4, 0.5) is 5.82 Å². The number of aromatic nitrogens is 4. The third-order valence-electron chi connectivity index (χ3n) is 5.86. The molecule has 0 atom stereocenters. The number of carboxylic acid groups (broad SMARTS) is 1. The zero-order chi connectivity index (χ0) is 22.9. The molecule has 2 heterocycles. The highest BCUT2D eigenvalue weighted by molar-refractivity contribution is 6.30. The molecule has 0 spiro atoms. The Labute approximate surface area is 196 Å². The maximum absolute atomic E-state index is 11.7. The lowest BCUT2D eigenvalue weighted by atomic mass is 10.1. The lowest BCUT2D eigenvalue weighted by Gasteiger charge is -2.13. The number of hydrogen-bond acceptors (Lipinski definition) is 5. The molecular formula is C25H24ClN5O2. The van der Waals surface area contributed by atoms with Crippen LogP contribution in [0.15, 0.2) is 48.5 Å². The van der Waals surface area contributed by atoms with Crippen LogP contribution in [0.2, 0.25) is 5.02 Å². The van der Waals surface area contributed by atoms with Gasteiger partial charge in [-0.05, 0) is 55.9 Å². The normalized spacial score (nSPS) is 13.4. The highest BCUT2D eigenvalue weighted by Gasteiger charge is 2.25. The summed E-state index contributed by atoms with van der Waals surface area (Å²) in [6.45, 7) is 3.43. The van der Waals surface area contributed by atoms with Crippen LogP contribution in [-0.2, 0) is 13.0 Å². The van der Waals surface area contributed by atoms with Crippen molar-refractivity contribution in [1.29, 1.82) is 0 Å². The number of nitrogens with zero attached hydrogens (tertiary/aromatic N) is 4. The summed E-state index contributed by atoms with van der Waals surface area (Å²) in [5, 5.41) is 13.6. The van der Waals surface area contributed by atoms with E-state index in [1.165, 1.54) is 12.8 Å². The molecule has 1 aliphatic rings. The van der Waals surface area contributed by atoms with Crippen molar-refractivity contribution >= 4 is 34.6 Å². The number of hydrogen-bond donors (Lipinski definition) is 2. The smallest absolute Gasteiger partial charge is 0.374 e. The van der Waals surface area contributed by atoms with Gasteiger partial charge in [-0.3, -0.25) is 0 Å². The third kappa shape index (κ3) is 4.68. The maximum Gasteiger partial charge on any atom is 0.374 e. The second-order valence-corrected chi connectivity index (χ2v) is 8.97. The number of halogens is 1. The number of aryl methyl sites for hydroxylation is 3. The van der Waals surface area contributed by atoms with Crippen molar-refractivity contribution in [2.75, 3.05) is 11.9 Å². The predicted molar refractivity (Wildman–Crippen MR) is 129 cm³/mol. The minimum absolute atomic E-state index is 0.251. The number of carbonyl (C=O) groups is 1. The number of benzene rings is 2. The summed E-state index contributed by atoms with van der Waals surface area (Å²) in [5.41, 5.74) is 4.33. The zero-order valence-corrected chi connectivity index (χ0v) is 19.0.